The fraction of sp³-hybridized carbons (Fsp3) is 0.176. The van der Waals surface area contributed by atoms with E-state index in [2.05, 4.69) is 21.2 Å². The Bertz CT molecular complexity index is 749. The molecule has 0 aliphatic rings. The average Bonchev–Trinajstić information content (AvgIpc) is 2.48. The van der Waals surface area contributed by atoms with Gasteiger partial charge in [0, 0.05) is 17.1 Å². The lowest BCUT2D eigenvalue weighted by atomic mass is 10.2. The molecule has 0 unspecified atom stereocenters. The van der Waals surface area contributed by atoms with E-state index in [0.717, 1.165) is 14.9 Å². The van der Waals surface area contributed by atoms with Crippen LogP contribution >= 0.6 is 15.9 Å². The van der Waals surface area contributed by atoms with Gasteiger partial charge in [-0.15, -0.1) is 0 Å². The Morgan fingerprint density at radius 1 is 1.22 bits per heavy atom. The molecular formula is C17H16BrFN2O2. The van der Waals surface area contributed by atoms with Gasteiger partial charge in [0.25, 0.3) is 0 Å². The van der Waals surface area contributed by atoms with Crippen molar-refractivity contribution in [2.45, 2.75) is 13.8 Å². The monoisotopic (exact) mass is 378 g/mol. The first-order valence-electron chi connectivity index (χ1n) is 6.97. The van der Waals surface area contributed by atoms with Crippen molar-refractivity contribution in [3.63, 3.8) is 0 Å². The summed E-state index contributed by atoms with van der Waals surface area (Å²) in [6.07, 6.45) is 0. The number of rotatable bonds is 4. The number of para-hydroxylation sites is 1. The molecule has 0 aliphatic carbocycles. The summed E-state index contributed by atoms with van der Waals surface area (Å²) in [7, 11) is 0. The molecule has 23 heavy (non-hydrogen) atoms. The van der Waals surface area contributed by atoms with Crippen LogP contribution in [0.4, 0.5) is 15.8 Å². The molecule has 0 spiro atoms. The van der Waals surface area contributed by atoms with Gasteiger partial charge in [-0.25, -0.2) is 4.39 Å². The number of nitrogens with one attached hydrogen (secondary N) is 1. The molecule has 0 aromatic heterocycles. The minimum atomic E-state index is -0.546. The number of hydrogen-bond donors (Lipinski definition) is 1. The van der Waals surface area contributed by atoms with Gasteiger partial charge in [0.05, 0.1) is 5.69 Å². The maximum absolute atomic E-state index is 13.9. The van der Waals surface area contributed by atoms with E-state index < -0.39 is 17.6 Å². The quantitative estimate of drug-likeness (QED) is 0.877. The first kappa shape index (κ1) is 17.1. The summed E-state index contributed by atoms with van der Waals surface area (Å²) in [6, 6.07) is 11.3. The number of halogens is 2. The van der Waals surface area contributed by atoms with Crippen LogP contribution in [0.5, 0.6) is 0 Å². The smallest absolute Gasteiger partial charge is 0.244 e. The van der Waals surface area contributed by atoms with Crippen LogP contribution in [-0.2, 0) is 9.59 Å². The molecule has 4 nitrogen and oxygen atoms in total. The SMILES string of the molecule is CC(=O)N(CC(=O)Nc1ccc(Br)cc1C)c1ccccc1F. The molecule has 0 heterocycles. The maximum Gasteiger partial charge on any atom is 0.244 e. The van der Waals surface area contributed by atoms with E-state index in [0.29, 0.717) is 5.69 Å². The van der Waals surface area contributed by atoms with Crippen LogP contribution in [0.2, 0.25) is 0 Å². The maximum atomic E-state index is 13.9. The minimum Gasteiger partial charge on any atom is -0.324 e. The predicted octanol–water partition coefficient (Wildman–Crippen LogP) is 3.89. The van der Waals surface area contributed by atoms with Gasteiger partial charge in [0.2, 0.25) is 11.8 Å². The standard InChI is InChI=1S/C17H16BrFN2O2/c1-11-9-13(18)7-8-15(11)20-17(23)10-21(12(2)22)16-6-4-3-5-14(16)19/h3-9H,10H2,1-2H3,(H,20,23). The van der Waals surface area contributed by atoms with Gasteiger partial charge in [-0.2, -0.15) is 0 Å². The Morgan fingerprint density at radius 3 is 2.52 bits per heavy atom. The highest BCUT2D eigenvalue weighted by Gasteiger charge is 2.19. The zero-order valence-corrected chi connectivity index (χ0v) is 14.4. The lowest BCUT2D eigenvalue weighted by molar-refractivity contribution is -0.120. The molecule has 0 saturated heterocycles. The van der Waals surface area contributed by atoms with Crippen LogP contribution in [-0.4, -0.2) is 18.4 Å². The molecule has 0 aliphatic heterocycles. The largest absolute Gasteiger partial charge is 0.324 e. The normalized spacial score (nSPS) is 10.3. The Labute approximate surface area is 142 Å². The number of carbonyl (C=O) groups excluding carboxylic acids is 2. The van der Waals surface area contributed by atoms with E-state index in [-0.39, 0.29) is 12.2 Å². The number of carbonyl (C=O) groups is 2. The molecule has 0 bridgehead atoms. The summed E-state index contributed by atoms with van der Waals surface area (Å²) in [6.45, 7) is 2.90. The fourth-order valence-corrected chi connectivity index (χ4v) is 2.61. The zero-order chi connectivity index (χ0) is 17.0. The van der Waals surface area contributed by atoms with Crippen LogP contribution in [0.15, 0.2) is 46.9 Å². The molecule has 2 aromatic carbocycles. The van der Waals surface area contributed by atoms with E-state index in [9.17, 15) is 14.0 Å². The molecule has 2 rings (SSSR count). The van der Waals surface area contributed by atoms with E-state index in [4.69, 9.17) is 0 Å². The molecule has 120 valence electrons. The molecular weight excluding hydrogens is 363 g/mol. The number of anilines is 2. The van der Waals surface area contributed by atoms with Crippen LogP contribution in [0.1, 0.15) is 12.5 Å². The molecule has 2 amide bonds. The highest BCUT2D eigenvalue weighted by Crippen LogP contribution is 2.21. The van der Waals surface area contributed by atoms with Crippen molar-refractivity contribution in [3.05, 3.63) is 58.3 Å². The number of benzene rings is 2. The van der Waals surface area contributed by atoms with Crippen molar-refractivity contribution in [1.82, 2.24) is 0 Å². The number of amides is 2. The Kier molecular flexibility index (Phi) is 5.50. The summed E-state index contributed by atoms with van der Waals surface area (Å²) in [4.78, 5) is 25.1. The van der Waals surface area contributed by atoms with Gasteiger partial charge in [0.1, 0.15) is 12.4 Å². The van der Waals surface area contributed by atoms with Crippen molar-refractivity contribution in [3.8, 4) is 0 Å². The van der Waals surface area contributed by atoms with E-state index in [1.54, 1.807) is 12.1 Å². The van der Waals surface area contributed by atoms with Gasteiger partial charge in [0.15, 0.2) is 0 Å². The second kappa shape index (κ2) is 7.37. The van der Waals surface area contributed by atoms with Crippen LogP contribution in [0.25, 0.3) is 0 Å². The van der Waals surface area contributed by atoms with Crippen LogP contribution in [0, 0.1) is 12.7 Å². The van der Waals surface area contributed by atoms with Gasteiger partial charge in [-0.05, 0) is 42.8 Å². The molecule has 1 N–H and O–H groups in total. The van der Waals surface area contributed by atoms with Gasteiger partial charge in [-0.3, -0.25) is 9.59 Å². The van der Waals surface area contributed by atoms with E-state index >= 15 is 0 Å². The number of hydrogen-bond acceptors (Lipinski definition) is 2. The van der Waals surface area contributed by atoms with Crippen molar-refractivity contribution in [2.24, 2.45) is 0 Å². The first-order chi connectivity index (χ1) is 10.9. The third-order valence-corrected chi connectivity index (χ3v) is 3.78. The van der Waals surface area contributed by atoms with Crippen LogP contribution < -0.4 is 10.2 Å². The van der Waals surface area contributed by atoms with Crippen LogP contribution in [0.3, 0.4) is 0 Å². The molecule has 0 atom stereocenters. The summed E-state index contributed by atoms with van der Waals surface area (Å²) < 4.78 is 14.8. The molecule has 0 saturated carbocycles. The summed E-state index contributed by atoms with van der Waals surface area (Å²) in [5.74, 6) is -1.35. The Morgan fingerprint density at radius 2 is 1.91 bits per heavy atom. The van der Waals surface area contributed by atoms with Crippen molar-refractivity contribution < 1.29 is 14.0 Å². The Balaban J connectivity index is 2.16. The second-order valence-electron chi connectivity index (χ2n) is 5.06. The highest BCUT2D eigenvalue weighted by molar-refractivity contribution is 9.10. The lowest BCUT2D eigenvalue weighted by Gasteiger charge is -2.21. The molecule has 0 radical (unpaired) electrons. The molecule has 2 aromatic rings. The third-order valence-electron chi connectivity index (χ3n) is 3.29. The van der Waals surface area contributed by atoms with Crippen molar-refractivity contribution in [2.75, 3.05) is 16.8 Å². The molecule has 0 fully saturated rings. The second-order valence-corrected chi connectivity index (χ2v) is 5.98. The summed E-state index contributed by atoms with van der Waals surface area (Å²) in [5, 5.41) is 2.74. The fourth-order valence-electron chi connectivity index (χ4n) is 2.14. The highest BCUT2D eigenvalue weighted by atomic mass is 79.9. The van der Waals surface area contributed by atoms with Crippen molar-refractivity contribution >= 4 is 39.1 Å². The summed E-state index contributed by atoms with van der Waals surface area (Å²) in [5.41, 5.74) is 1.62. The van der Waals surface area contributed by atoms with E-state index in [1.807, 2.05) is 19.1 Å². The average molecular weight is 379 g/mol. The van der Waals surface area contributed by atoms with Gasteiger partial charge in [-0.1, -0.05) is 28.1 Å². The topological polar surface area (TPSA) is 49.4 Å². The third kappa shape index (κ3) is 4.39. The van der Waals surface area contributed by atoms with Gasteiger partial charge < -0.3 is 10.2 Å². The first-order valence-corrected chi connectivity index (χ1v) is 7.76. The van der Waals surface area contributed by atoms with Gasteiger partial charge >= 0.3 is 0 Å². The number of aryl methyl sites for hydroxylation is 1. The Hall–Kier alpha value is -2.21. The minimum absolute atomic E-state index is 0.0858. The summed E-state index contributed by atoms with van der Waals surface area (Å²) >= 11 is 3.35. The zero-order valence-electron chi connectivity index (χ0n) is 12.8. The van der Waals surface area contributed by atoms with E-state index in [1.165, 1.54) is 25.1 Å². The predicted molar refractivity (Wildman–Crippen MR) is 91.9 cm³/mol. The number of nitrogens with zero attached hydrogens (tertiary/aromatic N) is 1. The molecule has 6 heteroatoms. The van der Waals surface area contributed by atoms with Crippen molar-refractivity contribution in [1.29, 1.82) is 0 Å². The lowest BCUT2D eigenvalue weighted by Crippen LogP contribution is -2.37.